The quantitative estimate of drug-likeness (QED) is 0.596. The number of aliphatic hydroxyl groups is 1. The lowest BCUT2D eigenvalue weighted by Crippen LogP contribution is -2.46. The lowest BCUT2D eigenvalue weighted by molar-refractivity contribution is 0.0493. The van der Waals surface area contributed by atoms with Crippen molar-refractivity contribution in [3.63, 3.8) is 0 Å². The fraction of sp³-hybridized carbons (Fsp3) is 0.296. The van der Waals surface area contributed by atoms with Crippen molar-refractivity contribution in [1.29, 1.82) is 0 Å². The van der Waals surface area contributed by atoms with Gasteiger partial charge in [-0.2, -0.15) is 0 Å². The van der Waals surface area contributed by atoms with E-state index in [1.54, 1.807) is 41.6 Å². The van der Waals surface area contributed by atoms with Gasteiger partial charge in [0, 0.05) is 61.9 Å². The molecule has 1 atom stereocenters. The van der Waals surface area contributed by atoms with Gasteiger partial charge in [0.1, 0.15) is 0 Å². The molecule has 0 aliphatic carbocycles. The van der Waals surface area contributed by atoms with E-state index < -0.39 is 6.10 Å². The molecule has 0 saturated heterocycles. The summed E-state index contributed by atoms with van der Waals surface area (Å²) in [6.45, 7) is 3.16. The van der Waals surface area contributed by atoms with Crippen LogP contribution in [0.1, 0.15) is 37.4 Å². The number of hydrogen-bond donors (Lipinski definition) is 2. The maximum Gasteiger partial charge on any atom is 0.255 e. The van der Waals surface area contributed by atoms with Crippen LogP contribution in [0.2, 0.25) is 0 Å². The summed E-state index contributed by atoms with van der Waals surface area (Å²) in [5, 5.41) is 13.6. The van der Waals surface area contributed by atoms with Gasteiger partial charge in [-0.1, -0.05) is 24.3 Å². The number of anilines is 1. The SMILES string of the molecule is O=C(Nc1ccc2c(c1)CCN(C[C@H](O)CN1CCc3ccccc3C1)C2=O)c1ccncc1. The summed E-state index contributed by atoms with van der Waals surface area (Å²) in [5.74, 6) is -0.286. The number of nitrogens with one attached hydrogen (secondary N) is 1. The zero-order valence-corrected chi connectivity index (χ0v) is 19.0. The molecule has 2 aliphatic heterocycles. The van der Waals surface area contributed by atoms with Crippen LogP contribution in [-0.4, -0.2) is 64.0 Å². The fourth-order valence-corrected chi connectivity index (χ4v) is 4.82. The van der Waals surface area contributed by atoms with Crippen LogP contribution in [0, 0.1) is 0 Å². The van der Waals surface area contributed by atoms with Gasteiger partial charge in [0.2, 0.25) is 0 Å². The molecule has 0 unspecified atom stereocenters. The number of benzene rings is 2. The first-order valence-corrected chi connectivity index (χ1v) is 11.7. The van der Waals surface area contributed by atoms with Crippen LogP contribution in [0.5, 0.6) is 0 Å². The van der Waals surface area contributed by atoms with E-state index in [4.69, 9.17) is 0 Å². The molecule has 5 rings (SSSR count). The highest BCUT2D eigenvalue weighted by Crippen LogP contribution is 2.24. The van der Waals surface area contributed by atoms with Crippen LogP contribution >= 0.6 is 0 Å². The highest BCUT2D eigenvalue weighted by molar-refractivity contribution is 6.04. The molecular weight excluding hydrogens is 428 g/mol. The topological polar surface area (TPSA) is 85.8 Å². The van der Waals surface area contributed by atoms with E-state index in [0.717, 1.165) is 25.1 Å². The molecule has 0 radical (unpaired) electrons. The van der Waals surface area contributed by atoms with Gasteiger partial charge < -0.3 is 15.3 Å². The monoisotopic (exact) mass is 456 g/mol. The zero-order valence-electron chi connectivity index (χ0n) is 19.0. The molecule has 3 heterocycles. The van der Waals surface area contributed by atoms with E-state index in [1.807, 2.05) is 6.07 Å². The number of nitrogens with zero attached hydrogens (tertiary/aromatic N) is 3. The normalized spacial score (nSPS) is 16.5. The summed E-state index contributed by atoms with van der Waals surface area (Å²) in [4.78, 5) is 33.4. The first kappa shape index (κ1) is 22.3. The van der Waals surface area contributed by atoms with Crippen LogP contribution in [0.25, 0.3) is 0 Å². The number of carbonyl (C=O) groups is 2. The molecule has 0 saturated carbocycles. The molecule has 1 aromatic heterocycles. The van der Waals surface area contributed by atoms with Crippen molar-refractivity contribution in [3.8, 4) is 0 Å². The molecule has 2 N–H and O–H groups in total. The molecule has 7 nitrogen and oxygen atoms in total. The molecule has 0 spiro atoms. The molecule has 0 fully saturated rings. The third kappa shape index (κ3) is 4.85. The van der Waals surface area contributed by atoms with Gasteiger partial charge in [-0.05, 0) is 59.9 Å². The summed E-state index contributed by atoms with van der Waals surface area (Å²) in [7, 11) is 0. The molecule has 0 bridgehead atoms. The van der Waals surface area contributed by atoms with Crippen LogP contribution < -0.4 is 5.32 Å². The maximum atomic E-state index is 13.1. The number of aromatic nitrogens is 1. The number of pyridine rings is 1. The zero-order chi connectivity index (χ0) is 23.5. The molecule has 7 heteroatoms. The average molecular weight is 457 g/mol. The molecule has 2 amide bonds. The van der Waals surface area contributed by atoms with Crippen LogP contribution in [0.4, 0.5) is 5.69 Å². The van der Waals surface area contributed by atoms with Gasteiger partial charge in [0.25, 0.3) is 11.8 Å². The first-order chi connectivity index (χ1) is 16.6. The second-order valence-corrected chi connectivity index (χ2v) is 8.97. The Labute approximate surface area is 199 Å². The molecule has 3 aromatic rings. The number of aliphatic hydroxyl groups excluding tert-OH is 1. The Kier molecular flexibility index (Phi) is 6.38. The van der Waals surface area contributed by atoms with E-state index in [2.05, 4.69) is 39.5 Å². The average Bonchev–Trinajstić information content (AvgIpc) is 2.86. The van der Waals surface area contributed by atoms with Crippen molar-refractivity contribution in [1.82, 2.24) is 14.8 Å². The Morgan fingerprint density at radius 2 is 1.74 bits per heavy atom. The summed E-state index contributed by atoms with van der Waals surface area (Å²) in [6, 6.07) is 17.1. The number of amides is 2. The number of carbonyl (C=O) groups excluding carboxylic acids is 2. The summed E-state index contributed by atoms with van der Waals surface area (Å²) < 4.78 is 0. The number of fused-ring (bicyclic) bond motifs is 2. The van der Waals surface area contributed by atoms with E-state index in [-0.39, 0.29) is 11.8 Å². The van der Waals surface area contributed by atoms with Crippen molar-refractivity contribution in [3.05, 3.63) is 94.8 Å². The summed E-state index contributed by atoms with van der Waals surface area (Å²) in [6.07, 6.45) is 4.22. The van der Waals surface area contributed by atoms with Crippen molar-refractivity contribution in [2.75, 3.05) is 31.5 Å². The second kappa shape index (κ2) is 9.75. The van der Waals surface area contributed by atoms with Gasteiger partial charge >= 0.3 is 0 Å². The predicted molar refractivity (Wildman–Crippen MR) is 130 cm³/mol. The van der Waals surface area contributed by atoms with Gasteiger partial charge in [0.05, 0.1) is 6.10 Å². The standard InChI is InChI=1S/C27H28N4O3/c32-24(17-30-13-9-19-3-1-2-4-22(19)16-30)18-31-14-10-21-15-23(5-6-25(21)27(31)34)29-26(33)20-7-11-28-12-8-20/h1-8,11-12,15,24,32H,9-10,13-14,16-18H2,(H,29,33)/t24-/m1/s1. The summed E-state index contributed by atoms with van der Waals surface area (Å²) in [5.41, 5.74) is 5.43. The fourth-order valence-electron chi connectivity index (χ4n) is 4.82. The largest absolute Gasteiger partial charge is 0.390 e. The van der Waals surface area contributed by atoms with Crippen LogP contribution in [0.15, 0.2) is 67.0 Å². The Bertz CT molecular complexity index is 1200. The highest BCUT2D eigenvalue weighted by atomic mass is 16.3. The Morgan fingerprint density at radius 1 is 0.971 bits per heavy atom. The Morgan fingerprint density at radius 3 is 2.56 bits per heavy atom. The highest BCUT2D eigenvalue weighted by Gasteiger charge is 2.27. The van der Waals surface area contributed by atoms with E-state index in [9.17, 15) is 14.7 Å². The van der Waals surface area contributed by atoms with Gasteiger partial charge in [-0.25, -0.2) is 0 Å². The third-order valence-corrected chi connectivity index (χ3v) is 6.58. The van der Waals surface area contributed by atoms with Crippen molar-refractivity contribution in [2.24, 2.45) is 0 Å². The Hall–Kier alpha value is -3.55. The molecular formula is C27H28N4O3. The molecule has 174 valence electrons. The first-order valence-electron chi connectivity index (χ1n) is 11.7. The third-order valence-electron chi connectivity index (χ3n) is 6.58. The lowest BCUT2D eigenvalue weighted by Gasteiger charge is -2.34. The smallest absolute Gasteiger partial charge is 0.255 e. The number of rotatable bonds is 6. The predicted octanol–water partition coefficient (Wildman–Crippen LogP) is 2.75. The molecule has 2 aliphatic rings. The maximum absolute atomic E-state index is 13.1. The lowest BCUT2D eigenvalue weighted by atomic mass is 9.97. The van der Waals surface area contributed by atoms with Gasteiger partial charge in [0.15, 0.2) is 0 Å². The van der Waals surface area contributed by atoms with Crippen molar-refractivity contribution in [2.45, 2.75) is 25.5 Å². The Balaban J connectivity index is 1.18. The van der Waals surface area contributed by atoms with E-state index >= 15 is 0 Å². The minimum absolute atomic E-state index is 0.0729. The minimum Gasteiger partial charge on any atom is -0.390 e. The molecule has 2 aromatic carbocycles. The summed E-state index contributed by atoms with van der Waals surface area (Å²) >= 11 is 0. The van der Waals surface area contributed by atoms with Crippen LogP contribution in [0.3, 0.4) is 0 Å². The van der Waals surface area contributed by atoms with Gasteiger partial charge in [-0.3, -0.25) is 19.5 Å². The van der Waals surface area contributed by atoms with E-state index in [1.165, 1.54) is 11.1 Å². The molecule has 34 heavy (non-hydrogen) atoms. The second-order valence-electron chi connectivity index (χ2n) is 8.97. The van der Waals surface area contributed by atoms with Crippen LogP contribution in [-0.2, 0) is 19.4 Å². The van der Waals surface area contributed by atoms with Crippen molar-refractivity contribution >= 4 is 17.5 Å². The van der Waals surface area contributed by atoms with E-state index in [0.29, 0.717) is 42.9 Å². The number of hydrogen-bond acceptors (Lipinski definition) is 5. The van der Waals surface area contributed by atoms with Crippen molar-refractivity contribution < 1.29 is 14.7 Å². The minimum atomic E-state index is -0.602. The van der Waals surface area contributed by atoms with Gasteiger partial charge in [-0.15, -0.1) is 0 Å². The number of β-amino-alcohol motifs (C(OH)–C–C–N with tert-alkyl or cyclic N) is 1.